The van der Waals surface area contributed by atoms with E-state index < -0.39 is 67.2 Å². The van der Waals surface area contributed by atoms with Crippen LogP contribution in [0.4, 0.5) is 0 Å². The number of ether oxygens (including phenoxy) is 6. The number of hydrogen-bond donors (Lipinski definition) is 0. The van der Waals surface area contributed by atoms with E-state index in [1.807, 2.05) is 0 Å². The molecule has 0 saturated carbocycles. The zero-order valence-corrected chi connectivity index (χ0v) is 22.7. The lowest BCUT2D eigenvalue weighted by Gasteiger charge is -2.43. The van der Waals surface area contributed by atoms with E-state index in [0.717, 1.165) is 13.8 Å². The predicted molar refractivity (Wildman–Crippen MR) is 144 cm³/mol. The first-order chi connectivity index (χ1) is 20.2. The van der Waals surface area contributed by atoms with Crippen LogP contribution in [0, 0.1) is 0 Å². The molecular weight excluding hydrogens is 548 g/mol. The van der Waals surface area contributed by atoms with E-state index in [1.54, 1.807) is 54.6 Å². The molecule has 0 aliphatic carbocycles. The lowest BCUT2D eigenvalue weighted by atomic mass is 9.97. The van der Waals surface area contributed by atoms with E-state index in [-0.39, 0.29) is 16.7 Å². The van der Waals surface area contributed by atoms with Crippen molar-refractivity contribution in [3.05, 3.63) is 108 Å². The highest BCUT2D eigenvalue weighted by Crippen LogP contribution is 2.31. The van der Waals surface area contributed by atoms with Gasteiger partial charge in [-0.25, -0.2) is 14.4 Å². The second kappa shape index (κ2) is 14.0. The lowest BCUT2D eigenvalue weighted by Crippen LogP contribution is -2.63. The minimum Gasteiger partial charge on any atom is -0.463 e. The van der Waals surface area contributed by atoms with Crippen molar-refractivity contribution < 1.29 is 52.4 Å². The van der Waals surface area contributed by atoms with Crippen molar-refractivity contribution in [3.63, 3.8) is 0 Å². The summed E-state index contributed by atoms with van der Waals surface area (Å²) in [6, 6.07) is 23.8. The maximum atomic E-state index is 13.3. The van der Waals surface area contributed by atoms with Crippen LogP contribution in [0.5, 0.6) is 0 Å². The Bertz CT molecular complexity index is 1390. The summed E-state index contributed by atoms with van der Waals surface area (Å²) < 4.78 is 33.7. The predicted octanol–water partition coefficient (Wildman–Crippen LogP) is 3.51. The van der Waals surface area contributed by atoms with E-state index in [4.69, 9.17) is 28.4 Å². The minimum atomic E-state index is -1.63. The molecule has 0 radical (unpaired) electrons. The normalized spacial score (nSPS) is 21.3. The van der Waals surface area contributed by atoms with Gasteiger partial charge in [-0.05, 0) is 36.4 Å². The van der Waals surface area contributed by atoms with Gasteiger partial charge in [0.2, 0.25) is 12.4 Å². The first-order valence-electron chi connectivity index (χ1n) is 13.0. The van der Waals surface area contributed by atoms with Gasteiger partial charge in [0.1, 0.15) is 12.7 Å². The van der Waals surface area contributed by atoms with Crippen LogP contribution in [0.3, 0.4) is 0 Å². The van der Waals surface area contributed by atoms with Crippen molar-refractivity contribution in [1.29, 1.82) is 0 Å². The molecule has 4 unspecified atom stereocenters. The van der Waals surface area contributed by atoms with Gasteiger partial charge in [0.15, 0.2) is 12.2 Å². The first-order valence-corrected chi connectivity index (χ1v) is 13.0. The SMILES string of the molecule is CC(=O)OCC1OC(OC(C)=O)C(OC(=O)c2ccccc2)[C@H](OC(=O)c2ccccc2)C1OC(=O)c1ccccc1. The average molecular weight is 577 g/mol. The molecule has 0 N–H and O–H groups in total. The third-order valence-corrected chi connectivity index (χ3v) is 6.08. The molecule has 42 heavy (non-hydrogen) atoms. The number of carbonyl (C=O) groups excluding carboxylic acids is 5. The molecule has 0 spiro atoms. The van der Waals surface area contributed by atoms with Crippen LogP contribution in [0.1, 0.15) is 44.9 Å². The summed E-state index contributed by atoms with van der Waals surface area (Å²) in [6.07, 6.45) is -7.58. The molecule has 11 nitrogen and oxygen atoms in total. The van der Waals surface area contributed by atoms with Crippen LogP contribution in [-0.4, -0.2) is 67.2 Å². The van der Waals surface area contributed by atoms with Crippen LogP contribution in [0.15, 0.2) is 91.0 Å². The van der Waals surface area contributed by atoms with Crippen LogP contribution in [0.25, 0.3) is 0 Å². The maximum Gasteiger partial charge on any atom is 0.338 e. The van der Waals surface area contributed by atoms with E-state index in [2.05, 4.69) is 0 Å². The van der Waals surface area contributed by atoms with Crippen LogP contribution in [0.2, 0.25) is 0 Å². The second-order valence-electron chi connectivity index (χ2n) is 9.16. The third-order valence-electron chi connectivity index (χ3n) is 6.08. The Morgan fingerprint density at radius 1 is 0.548 bits per heavy atom. The number of esters is 5. The van der Waals surface area contributed by atoms with Gasteiger partial charge in [-0.15, -0.1) is 0 Å². The van der Waals surface area contributed by atoms with Gasteiger partial charge in [-0.1, -0.05) is 54.6 Å². The quantitative estimate of drug-likeness (QED) is 0.273. The van der Waals surface area contributed by atoms with Crippen LogP contribution >= 0.6 is 0 Å². The molecular formula is C31H28O11. The molecule has 1 aliphatic heterocycles. The number of benzene rings is 3. The van der Waals surface area contributed by atoms with Gasteiger partial charge < -0.3 is 28.4 Å². The summed E-state index contributed by atoms with van der Waals surface area (Å²) >= 11 is 0. The smallest absolute Gasteiger partial charge is 0.338 e. The lowest BCUT2D eigenvalue weighted by molar-refractivity contribution is -0.290. The summed E-state index contributed by atoms with van der Waals surface area (Å²) in [7, 11) is 0. The van der Waals surface area contributed by atoms with Crippen molar-refractivity contribution in [2.45, 2.75) is 44.6 Å². The molecule has 3 aromatic rings. The number of carbonyl (C=O) groups is 5. The molecule has 5 atom stereocenters. The standard InChI is InChI=1S/C31H28O11/c1-19(32)37-18-24-25(40-28(34)21-12-6-3-7-13-21)26(41-29(35)22-14-8-4-9-15-22)27(31(39-24)38-20(2)33)42-30(36)23-16-10-5-11-17-23/h3-17,24-27,31H,18H2,1-2H3/t24?,25?,26-,27?,31?/m1/s1. The van der Waals surface area contributed by atoms with Gasteiger partial charge in [-0.3, -0.25) is 9.59 Å². The van der Waals surface area contributed by atoms with Crippen LogP contribution < -0.4 is 0 Å². The Hall–Kier alpha value is -5.03. The fraction of sp³-hybridized carbons (Fsp3) is 0.258. The summed E-state index contributed by atoms with van der Waals surface area (Å²) in [5.41, 5.74) is 0.453. The van der Waals surface area contributed by atoms with Crippen molar-refractivity contribution in [2.75, 3.05) is 6.61 Å². The Morgan fingerprint density at radius 2 is 0.952 bits per heavy atom. The Balaban J connectivity index is 1.76. The zero-order chi connectivity index (χ0) is 30.1. The third kappa shape index (κ3) is 7.79. The van der Waals surface area contributed by atoms with Gasteiger partial charge in [0.25, 0.3) is 0 Å². The summed E-state index contributed by atoms with van der Waals surface area (Å²) in [4.78, 5) is 63.4. The monoisotopic (exact) mass is 576 g/mol. The number of hydrogen-bond acceptors (Lipinski definition) is 11. The Labute approximate surface area is 241 Å². The van der Waals surface area contributed by atoms with Crippen LogP contribution in [-0.2, 0) is 38.0 Å². The van der Waals surface area contributed by atoms with E-state index in [9.17, 15) is 24.0 Å². The summed E-state index contributed by atoms with van der Waals surface area (Å²) in [5, 5.41) is 0. The first kappa shape index (κ1) is 29.9. The molecule has 0 bridgehead atoms. The second-order valence-corrected chi connectivity index (χ2v) is 9.16. The highest BCUT2D eigenvalue weighted by atomic mass is 16.7. The van der Waals surface area contributed by atoms with Gasteiger partial charge in [0.05, 0.1) is 16.7 Å². The highest BCUT2D eigenvalue weighted by molar-refractivity contribution is 5.91. The molecule has 1 aliphatic rings. The zero-order valence-electron chi connectivity index (χ0n) is 22.7. The summed E-state index contributed by atoms with van der Waals surface area (Å²) in [5.74, 6) is -4.01. The molecule has 218 valence electrons. The van der Waals surface area contributed by atoms with Gasteiger partial charge in [0, 0.05) is 13.8 Å². The van der Waals surface area contributed by atoms with Crippen molar-refractivity contribution in [1.82, 2.24) is 0 Å². The fourth-order valence-electron chi connectivity index (χ4n) is 4.17. The molecule has 4 rings (SSSR count). The maximum absolute atomic E-state index is 13.3. The molecule has 0 aromatic heterocycles. The molecule has 1 fully saturated rings. The van der Waals surface area contributed by atoms with Crippen molar-refractivity contribution in [2.24, 2.45) is 0 Å². The molecule has 1 heterocycles. The topological polar surface area (TPSA) is 141 Å². The van der Waals surface area contributed by atoms with E-state index in [0.29, 0.717) is 0 Å². The Morgan fingerprint density at radius 3 is 1.36 bits per heavy atom. The fourth-order valence-corrected chi connectivity index (χ4v) is 4.17. The minimum absolute atomic E-state index is 0.144. The van der Waals surface area contributed by atoms with E-state index in [1.165, 1.54) is 36.4 Å². The van der Waals surface area contributed by atoms with Gasteiger partial charge in [-0.2, -0.15) is 0 Å². The highest BCUT2D eigenvalue weighted by Gasteiger charge is 2.54. The van der Waals surface area contributed by atoms with Crippen molar-refractivity contribution in [3.8, 4) is 0 Å². The largest absolute Gasteiger partial charge is 0.463 e. The number of rotatable bonds is 9. The molecule has 11 heteroatoms. The average Bonchev–Trinajstić information content (AvgIpc) is 2.99. The molecule has 0 amide bonds. The molecule has 1 saturated heterocycles. The molecule has 3 aromatic carbocycles. The van der Waals surface area contributed by atoms with Gasteiger partial charge >= 0.3 is 29.8 Å². The van der Waals surface area contributed by atoms with Crippen molar-refractivity contribution >= 4 is 29.8 Å². The summed E-state index contributed by atoms with van der Waals surface area (Å²) in [6.45, 7) is 1.79. The van der Waals surface area contributed by atoms with E-state index >= 15 is 0 Å². The Kier molecular flexibility index (Phi) is 10.0.